The molecule has 1 aromatic heterocycles. The van der Waals surface area contributed by atoms with E-state index in [2.05, 4.69) is 44.1 Å². The van der Waals surface area contributed by atoms with E-state index in [-0.39, 0.29) is 5.91 Å². The van der Waals surface area contributed by atoms with Gasteiger partial charge in [0, 0.05) is 57.4 Å². The van der Waals surface area contributed by atoms with Crippen LogP contribution < -0.4 is 15.0 Å². The van der Waals surface area contributed by atoms with Crippen molar-refractivity contribution in [3.05, 3.63) is 12.1 Å². The van der Waals surface area contributed by atoms with Gasteiger partial charge in [-0.1, -0.05) is 0 Å². The molecular formula is C20H34N6O2. The molecule has 2 aliphatic heterocycles. The Morgan fingerprint density at radius 1 is 1.14 bits per heavy atom. The summed E-state index contributed by atoms with van der Waals surface area (Å²) < 4.78 is 5.34. The fourth-order valence-electron chi connectivity index (χ4n) is 3.88. The van der Waals surface area contributed by atoms with Gasteiger partial charge in [0.25, 0.3) is 0 Å². The third kappa shape index (κ3) is 5.78. The van der Waals surface area contributed by atoms with Crippen LogP contribution in [-0.2, 0) is 4.79 Å². The van der Waals surface area contributed by atoms with Crippen molar-refractivity contribution in [1.29, 1.82) is 0 Å². The number of anilines is 1. The second-order valence-electron chi connectivity index (χ2n) is 7.90. The molecule has 0 aliphatic carbocycles. The molecule has 28 heavy (non-hydrogen) atoms. The maximum Gasteiger partial charge on any atom is 0.234 e. The van der Waals surface area contributed by atoms with Crippen molar-refractivity contribution in [3.63, 3.8) is 0 Å². The smallest absolute Gasteiger partial charge is 0.234 e. The number of nitrogens with one attached hydrogen (secondary N) is 1. The van der Waals surface area contributed by atoms with Gasteiger partial charge in [-0.05, 0) is 39.7 Å². The summed E-state index contributed by atoms with van der Waals surface area (Å²) in [5, 5.41) is 11.6. The Hall–Kier alpha value is -1.93. The lowest BCUT2D eigenvalue weighted by atomic mass is 10.0. The van der Waals surface area contributed by atoms with Crippen LogP contribution in [0, 0.1) is 0 Å². The van der Waals surface area contributed by atoms with Crippen LogP contribution >= 0.6 is 0 Å². The van der Waals surface area contributed by atoms with Gasteiger partial charge >= 0.3 is 0 Å². The summed E-state index contributed by atoms with van der Waals surface area (Å²) in [5.41, 5.74) is 0. The first kappa shape index (κ1) is 20.8. The van der Waals surface area contributed by atoms with Crippen LogP contribution in [0.1, 0.15) is 33.6 Å². The van der Waals surface area contributed by atoms with Gasteiger partial charge in [0.15, 0.2) is 5.82 Å². The second-order valence-corrected chi connectivity index (χ2v) is 7.90. The van der Waals surface area contributed by atoms with Crippen LogP contribution in [0.2, 0.25) is 0 Å². The highest BCUT2D eigenvalue weighted by atomic mass is 16.5. The molecule has 3 heterocycles. The van der Waals surface area contributed by atoms with E-state index in [1.165, 1.54) is 0 Å². The van der Waals surface area contributed by atoms with E-state index in [4.69, 9.17) is 4.74 Å². The highest BCUT2D eigenvalue weighted by molar-refractivity contribution is 5.78. The largest absolute Gasteiger partial charge is 0.477 e. The number of rotatable bonds is 7. The zero-order chi connectivity index (χ0) is 19.9. The summed E-state index contributed by atoms with van der Waals surface area (Å²) in [6.07, 6.45) is 2.10. The number of piperazine rings is 1. The Labute approximate surface area is 168 Å². The first-order valence-electron chi connectivity index (χ1n) is 10.5. The van der Waals surface area contributed by atoms with Gasteiger partial charge in [-0.2, -0.15) is 0 Å². The van der Waals surface area contributed by atoms with E-state index in [9.17, 15) is 4.79 Å². The summed E-state index contributed by atoms with van der Waals surface area (Å²) in [6, 6.07) is 4.72. The van der Waals surface area contributed by atoms with E-state index in [1.54, 1.807) is 0 Å². The minimum atomic E-state index is 0.150. The predicted molar refractivity (Wildman–Crippen MR) is 110 cm³/mol. The fourth-order valence-corrected chi connectivity index (χ4v) is 3.88. The van der Waals surface area contributed by atoms with E-state index < -0.39 is 0 Å². The Kier molecular flexibility index (Phi) is 7.44. The molecule has 156 valence electrons. The third-order valence-electron chi connectivity index (χ3n) is 5.61. The quantitative estimate of drug-likeness (QED) is 0.744. The van der Waals surface area contributed by atoms with Gasteiger partial charge < -0.3 is 19.9 Å². The second kappa shape index (κ2) is 10.0. The molecule has 1 amide bonds. The van der Waals surface area contributed by atoms with Crippen LogP contribution in [0.25, 0.3) is 0 Å². The SMILES string of the molecule is CCOc1ccc(N2CCN(CC(=O)NC3CCN(C(C)C)CC3)CC2)nn1. The molecular weight excluding hydrogens is 356 g/mol. The molecule has 3 rings (SSSR count). The molecule has 8 heteroatoms. The van der Waals surface area contributed by atoms with Gasteiger partial charge in [0.2, 0.25) is 11.8 Å². The number of likely N-dealkylation sites (tertiary alicyclic amines) is 1. The Bertz CT molecular complexity index is 608. The van der Waals surface area contributed by atoms with Crippen LogP contribution in [-0.4, -0.2) is 90.4 Å². The topological polar surface area (TPSA) is 73.8 Å². The van der Waals surface area contributed by atoms with E-state index in [1.807, 2.05) is 19.1 Å². The van der Waals surface area contributed by atoms with Crippen molar-refractivity contribution in [2.24, 2.45) is 0 Å². The molecule has 1 N–H and O–H groups in total. The first-order chi connectivity index (χ1) is 13.5. The minimum Gasteiger partial charge on any atom is -0.477 e. The average Bonchev–Trinajstić information content (AvgIpc) is 2.70. The number of aromatic nitrogens is 2. The average molecular weight is 391 g/mol. The van der Waals surface area contributed by atoms with Crippen molar-refractivity contribution in [3.8, 4) is 5.88 Å². The lowest BCUT2D eigenvalue weighted by Crippen LogP contribution is -2.52. The van der Waals surface area contributed by atoms with Gasteiger partial charge in [0.1, 0.15) is 0 Å². The van der Waals surface area contributed by atoms with Gasteiger partial charge in [-0.25, -0.2) is 0 Å². The van der Waals surface area contributed by atoms with E-state index in [0.29, 0.717) is 31.1 Å². The number of carbonyl (C=O) groups excluding carboxylic acids is 1. The first-order valence-corrected chi connectivity index (χ1v) is 10.5. The number of hydrogen-bond acceptors (Lipinski definition) is 7. The number of ether oxygens (including phenoxy) is 1. The Morgan fingerprint density at radius 3 is 2.43 bits per heavy atom. The summed E-state index contributed by atoms with van der Waals surface area (Å²) in [6.45, 7) is 13.0. The molecule has 2 aliphatic rings. The number of amides is 1. The summed E-state index contributed by atoms with van der Waals surface area (Å²) in [4.78, 5) is 19.3. The number of hydrogen-bond donors (Lipinski definition) is 1. The molecule has 0 bridgehead atoms. The zero-order valence-corrected chi connectivity index (χ0v) is 17.4. The van der Waals surface area contributed by atoms with Crippen molar-refractivity contribution in [1.82, 2.24) is 25.3 Å². The minimum absolute atomic E-state index is 0.150. The standard InChI is InChI=1S/C20H34N6O2/c1-4-28-20-6-5-18(22-23-20)26-13-11-24(12-14-26)15-19(27)21-17-7-9-25(10-8-17)16(2)3/h5-6,16-17H,4,7-15H2,1-3H3,(H,21,27). The number of piperidine rings is 1. The Balaban J connectivity index is 1.37. The van der Waals surface area contributed by atoms with Gasteiger partial charge in [-0.15, -0.1) is 10.2 Å². The summed E-state index contributed by atoms with van der Waals surface area (Å²) in [7, 11) is 0. The molecule has 2 fully saturated rings. The Morgan fingerprint density at radius 2 is 1.86 bits per heavy atom. The van der Waals surface area contributed by atoms with Crippen molar-refractivity contribution in [2.45, 2.75) is 45.7 Å². The van der Waals surface area contributed by atoms with E-state index >= 15 is 0 Å². The molecule has 0 saturated carbocycles. The molecule has 0 atom stereocenters. The van der Waals surface area contributed by atoms with Crippen LogP contribution in [0.3, 0.4) is 0 Å². The van der Waals surface area contributed by atoms with Crippen molar-refractivity contribution < 1.29 is 9.53 Å². The lowest BCUT2D eigenvalue weighted by molar-refractivity contribution is -0.123. The maximum atomic E-state index is 12.4. The summed E-state index contributed by atoms with van der Waals surface area (Å²) >= 11 is 0. The highest BCUT2D eigenvalue weighted by Crippen LogP contribution is 2.16. The lowest BCUT2D eigenvalue weighted by Gasteiger charge is -2.36. The zero-order valence-electron chi connectivity index (χ0n) is 17.4. The third-order valence-corrected chi connectivity index (χ3v) is 5.61. The van der Waals surface area contributed by atoms with Crippen LogP contribution in [0.5, 0.6) is 5.88 Å². The molecule has 0 unspecified atom stereocenters. The molecule has 0 radical (unpaired) electrons. The highest BCUT2D eigenvalue weighted by Gasteiger charge is 2.24. The molecule has 8 nitrogen and oxygen atoms in total. The maximum absolute atomic E-state index is 12.4. The monoisotopic (exact) mass is 390 g/mol. The van der Waals surface area contributed by atoms with Gasteiger partial charge in [-0.3, -0.25) is 9.69 Å². The number of carbonyl (C=O) groups is 1. The molecule has 2 saturated heterocycles. The normalized spacial score (nSPS) is 19.8. The van der Waals surface area contributed by atoms with Crippen LogP contribution in [0.4, 0.5) is 5.82 Å². The molecule has 0 spiro atoms. The van der Waals surface area contributed by atoms with Crippen LogP contribution in [0.15, 0.2) is 12.1 Å². The fraction of sp³-hybridized carbons (Fsp3) is 0.750. The molecule has 1 aromatic rings. The number of nitrogens with zero attached hydrogens (tertiary/aromatic N) is 5. The van der Waals surface area contributed by atoms with E-state index in [0.717, 1.165) is 57.9 Å². The van der Waals surface area contributed by atoms with Crippen molar-refractivity contribution >= 4 is 11.7 Å². The molecule has 0 aromatic carbocycles. The predicted octanol–water partition coefficient (Wildman–Crippen LogP) is 0.986. The van der Waals surface area contributed by atoms with Crippen molar-refractivity contribution in [2.75, 3.05) is 57.3 Å². The van der Waals surface area contributed by atoms with Gasteiger partial charge in [0.05, 0.1) is 13.2 Å². The summed E-state index contributed by atoms with van der Waals surface area (Å²) in [5.74, 6) is 1.57.